The molecule has 0 spiro atoms. The highest BCUT2D eigenvalue weighted by molar-refractivity contribution is 6.29. The van der Waals surface area contributed by atoms with Crippen LogP contribution in [0.3, 0.4) is 0 Å². The molecule has 0 aliphatic heterocycles. The van der Waals surface area contributed by atoms with E-state index in [9.17, 15) is 4.79 Å². The van der Waals surface area contributed by atoms with Gasteiger partial charge < -0.3 is 10.6 Å². The lowest BCUT2D eigenvalue weighted by atomic mass is 10.1. The Labute approximate surface area is 132 Å². The van der Waals surface area contributed by atoms with Crippen LogP contribution < -0.4 is 5.73 Å². The second kappa shape index (κ2) is 9.61. The van der Waals surface area contributed by atoms with Gasteiger partial charge in [-0.3, -0.25) is 4.79 Å². The van der Waals surface area contributed by atoms with Crippen molar-refractivity contribution < 1.29 is 4.79 Å². The molecule has 21 heavy (non-hydrogen) atoms. The third-order valence-corrected chi connectivity index (χ3v) is 3.69. The molecule has 0 aliphatic carbocycles. The first kappa shape index (κ1) is 17.8. The van der Waals surface area contributed by atoms with Crippen molar-refractivity contribution in [1.82, 2.24) is 9.88 Å². The lowest BCUT2D eigenvalue weighted by molar-refractivity contribution is 0.0750. The molecule has 0 saturated heterocycles. The molecule has 0 atom stereocenters. The Bertz CT molecular complexity index is 441. The van der Waals surface area contributed by atoms with Gasteiger partial charge in [0, 0.05) is 13.1 Å². The fourth-order valence-corrected chi connectivity index (χ4v) is 2.37. The summed E-state index contributed by atoms with van der Waals surface area (Å²) in [6, 6.07) is 1.56. The van der Waals surface area contributed by atoms with E-state index in [-0.39, 0.29) is 5.91 Å². The maximum absolute atomic E-state index is 12.7. The normalized spacial score (nSPS) is 10.6. The Kier molecular flexibility index (Phi) is 8.13. The quantitative estimate of drug-likeness (QED) is 0.551. The number of rotatable bonds is 9. The van der Waals surface area contributed by atoms with Crippen LogP contribution in [0, 0.1) is 0 Å². The summed E-state index contributed by atoms with van der Waals surface area (Å²) in [5.74, 6) is -0.0380. The highest BCUT2D eigenvalue weighted by Gasteiger charge is 2.18. The van der Waals surface area contributed by atoms with Gasteiger partial charge in [0.25, 0.3) is 5.91 Å². The predicted molar refractivity (Wildman–Crippen MR) is 88.6 cm³/mol. The van der Waals surface area contributed by atoms with E-state index in [0.29, 0.717) is 16.4 Å². The minimum atomic E-state index is -0.0380. The van der Waals surface area contributed by atoms with Gasteiger partial charge >= 0.3 is 0 Å². The smallest absolute Gasteiger partial charge is 0.256 e. The number of nitrogens with zero attached hydrogens (tertiary/aromatic N) is 2. The zero-order valence-electron chi connectivity index (χ0n) is 13.1. The molecule has 0 bridgehead atoms. The van der Waals surface area contributed by atoms with E-state index in [2.05, 4.69) is 18.8 Å². The summed E-state index contributed by atoms with van der Waals surface area (Å²) >= 11 is 5.88. The molecule has 118 valence electrons. The third kappa shape index (κ3) is 5.92. The molecule has 0 aliphatic rings. The first-order valence-electron chi connectivity index (χ1n) is 7.80. The van der Waals surface area contributed by atoms with E-state index in [1.807, 2.05) is 4.90 Å². The van der Waals surface area contributed by atoms with Gasteiger partial charge in [-0.2, -0.15) is 0 Å². The number of carbonyl (C=O) groups is 1. The van der Waals surface area contributed by atoms with Crippen LogP contribution in [0.15, 0.2) is 12.3 Å². The van der Waals surface area contributed by atoms with Gasteiger partial charge in [0.2, 0.25) is 0 Å². The lowest BCUT2D eigenvalue weighted by Gasteiger charge is -2.23. The Morgan fingerprint density at radius 2 is 1.76 bits per heavy atom. The first-order chi connectivity index (χ1) is 10.1. The number of pyridine rings is 1. The molecular formula is C16H26ClN3O. The van der Waals surface area contributed by atoms with Gasteiger partial charge in [0.05, 0.1) is 17.4 Å². The molecule has 1 heterocycles. The van der Waals surface area contributed by atoms with Gasteiger partial charge in [-0.15, -0.1) is 0 Å². The molecule has 2 N–H and O–H groups in total. The van der Waals surface area contributed by atoms with E-state index < -0.39 is 0 Å². The van der Waals surface area contributed by atoms with Crippen LogP contribution in [0.1, 0.15) is 62.7 Å². The van der Waals surface area contributed by atoms with E-state index in [4.69, 9.17) is 17.3 Å². The summed E-state index contributed by atoms with van der Waals surface area (Å²) in [5.41, 5.74) is 6.72. The van der Waals surface area contributed by atoms with E-state index in [1.54, 1.807) is 6.07 Å². The summed E-state index contributed by atoms with van der Waals surface area (Å²) in [6.07, 6.45) is 8.03. The number of nitrogens with two attached hydrogens (primary N) is 1. The van der Waals surface area contributed by atoms with Gasteiger partial charge in [0.1, 0.15) is 5.15 Å². The van der Waals surface area contributed by atoms with E-state index in [1.165, 1.54) is 6.20 Å². The number of nitrogen functional groups attached to an aromatic ring is 1. The SMILES string of the molecule is CCCCCN(CCCCC)C(=O)c1cc(Cl)ncc1N. The Morgan fingerprint density at radius 1 is 1.19 bits per heavy atom. The topological polar surface area (TPSA) is 59.2 Å². The zero-order chi connectivity index (χ0) is 15.7. The molecule has 0 fully saturated rings. The lowest BCUT2D eigenvalue weighted by Crippen LogP contribution is -2.33. The number of carbonyl (C=O) groups excluding carboxylic acids is 1. The van der Waals surface area contributed by atoms with Crippen LogP contribution in [-0.2, 0) is 0 Å². The summed E-state index contributed by atoms with van der Waals surface area (Å²) in [6.45, 7) is 5.86. The molecule has 1 rings (SSSR count). The van der Waals surface area contributed by atoms with Crippen LogP contribution in [-0.4, -0.2) is 28.9 Å². The minimum Gasteiger partial charge on any atom is -0.397 e. The zero-order valence-corrected chi connectivity index (χ0v) is 13.8. The predicted octanol–water partition coefficient (Wildman–Crippen LogP) is 4.14. The summed E-state index contributed by atoms with van der Waals surface area (Å²) in [7, 11) is 0. The minimum absolute atomic E-state index is 0.0380. The third-order valence-electron chi connectivity index (χ3n) is 3.48. The maximum atomic E-state index is 12.7. The molecule has 5 heteroatoms. The molecule has 4 nitrogen and oxygen atoms in total. The van der Waals surface area contributed by atoms with Crippen LogP contribution >= 0.6 is 11.6 Å². The molecule has 0 unspecified atom stereocenters. The Morgan fingerprint density at radius 3 is 2.29 bits per heavy atom. The number of amides is 1. The average Bonchev–Trinajstić information content (AvgIpc) is 2.48. The molecule has 0 aromatic carbocycles. The van der Waals surface area contributed by atoms with Gasteiger partial charge in [0.15, 0.2) is 0 Å². The average molecular weight is 312 g/mol. The number of halogens is 1. The molecular weight excluding hydrogens is 286 g/mol. The summed E-state index contributed by atoms with van der Waals surface area (Å²) in [5, 5.41) is 0.301. The maximum Gasteiger partial charge on any atom is 0.256 e. The highest BCUT2D eigenvalue weighted by Crippen LogP contribution is 2.18. The van der Waals surface area contributed by atoms with Crippen LogP contribution in [0.2, 0.25) is 5.15 Å². The van der Waals surface area contributed by atoms with Gasteiger partial charge in [-0.25, -0.2) is 4.98 Å². The van der Waals surface area contributed by atoms with Crippen LogP contribution in [0.25, 0.3) is 0 Å². The van der Waals surface area contributed by atoms with Crippen LogP contribution in [0.4, 0.5) is 5.69 Å². The van der Waals surface area contributed by atoms with Crippen molar-refractivity contribution in [3.05, 3.63) is 23.0 Å². The van der Waals surface area contributed by atoms with Crippen molar-refractivity contribution in [1.29, 1.82) is 0 Å². The van der Waals surface area contributed by atoms with E-state index >= 15 is 0 Å². The van der Waals surface area contributed by atoms with Gasteiger partial charge in [-0.05, 0) is 18.9 Å². The standard InChI is InChI=1S/C16H26ClN3O/c1-3-5-7-9-20(10-8-6-4-2)16(21)13-11-15(17)19-12-14(13)18/h11-12H,3-10,18H2,1-2H3. The fourth-order valence-electron chi connectivity index (χ4n) is 2.22. The monoisotopic (exact) mass is 311 g/mol. The fraction of sp³-hybridized carbons (Fsp3) is 0.625. The van der Waals surface area contributed by atoms with Crippen molar-refractivity contribution in [3.8, 4) is 0 Å². The summed E-state index contributed by atoms with van der Waals surface area (Å²) in [4.78, 5) is 18.5. The van der Waals surface area contributed by atoms with Crippen molar-refractivity contribution in [2.24, 2.45) is 0 Å². The van der Waals surface area contributed by atoms with Gasteiger partial charge in [-0.1, -0.05) is 51.1 Å². The molecule has 0 radical (unpaired) electrons. The molecule has 1 amide bonds. The van der Waals surface area contributed by atoms with Crippen molar-refractivity contribution in [2.75, 3.05) is 18.8 Å². The largest absolute Gasteiger partial charge is 0.397 e. The van der Waals surface area contributed by atoms with E-state index in [0.717, 1.165) is 51.6 Å². The van der Waals surface area contributed by atoms with Crippen LogP contribution in [0.5, 0.6) is 0 Å². The van der Waals surface area contributed by atoms with Crippen molar-refractivity contribution in [2.45, 2.75) is 52.4 Å². The first-order valence-corrected chi connectivity index (χ1v) is 8.18. The number of hydrogen-bond donors (Lipinski definition) is 1. The molecule has 1 aromatic heterocycles. The Hall–Kier alpha value is -1.29. The Balaban J connectivity index is 2.79. The highest BCUT2D eigenvalue weighted by atomic mass is 35.5. The van der Waals surface area contributed by atoms with Crippen molar-refractivity contribution in [3.63, 3.8) is 0 Å². The number of anilines is 1. The number of unbranched alkanes of at least 4 members (excludes halogenated alkanes) is 4. The molecule has 0 saturated carbocycles. The number of aromatic nitrogens is 1. The summed E-state index contributed by atoms with van der Waals surface area (Å²) < 4.78 is 0. The van der Waals surface area contributed by atoms with Crippen molar-refractivity contribution >= 4 is 23.2 Å². The molecule has 1 aromatic rings. The number of hydrogen-bond acceptors (Lipinski definition) is 3. The second-order valence-corrected chi connectivity index (χ2v) is 5.69. The second-order valence-electron chi connectivity index (χ2n) is 5.30.